The van der Waals surface area contributed by atoms with Crippen LogP contribution in [-0.2, 0) is 20.8 Å². The Bertz CT molecular complexity index is 1310. The average molecular weight is 528 g/mol. The number of nitrogens with zero attached hydrogens (tertiary/aromatic N) is 3. The summed E-state index contributed by atoms with van der Waals surface area (Å²) in [5, 5.41) is 18.7. The highest BCUT2D eigenvalue weighted by Gasteiger charge is 2.34. The van der Waals surface area contributed by atoms with Crippen LogP contribution in [0.2, 0.25) is 0 Å². The number of carbonyl (C=O) groups is 2. The Morgan fingerprint density at radius 1 is 1.18 bits per heavy atom. The number of nitro benzene ring substituents is 1. The minimum atomic E-state index is -0.587. The maximum Gasteiger partial charge on any atom is 0.356 e. The topological polar surface area (TPSA) is 169 Å². The van der Waals surface area contributed by atoms with Crippen LogP contribution >= 0.6 is 0 Å². The van der Waals surface area contributed by atoms with Gasteiger partial charge in [-0.25, -0.2) is 10.2 Å². The van der Waals surface area contributed by atoms with E-state index in [0.717, 1.165) is 0 Å². The summed E-state index contributed by atoms with van der Waals surface area (Å²) in [7, 11) is 2.90. The number of fused-ring (bicyclic) bond motifs is 1. The Hall–Kier alpha value is -4.88. The Balaban J connectivity index is 1.62. The first-order valence-corrected chi connectivity index (χ1v) is 11.4. The van der Waals surface area contributed by atoms with Crippen molar-refractivity contribution in [2.24, 2.45) is 10.3 Å². The van der Waals surface area contributed by atoms with Gasteiger partial charge in [0.25, 0.3) is 11.6 Å². The van der Waals surface area contributed by atoms with Gasteiger partial charge in [0.2, 0.25) is 18.3 Å². The maximum absolute atomic E-state index is 12.5. The van der Waals surface area contributed by atoms with Crippen molar-refractivity contribution in [2.75, 3.05) is 27.6 Å². The van der Waals surface area contributed by atoms with Gasteiger partial charge in [-0.1, -0.05) is 5.16 Å². The summed E-state index contributed by atoms with van der Waals surface area (Å²) in [5.41, 5.74) is 3.53. The second-order valence-electron chi connectivity index (χ2n) is 7.92. The van der Waals surface area contributed by atoms with Crippen LogP contribution in [0.3, 0.4) is 0 Å². The van der Waals surface area contributed by atoms with Gasteiger partial charge in [-0.2, -0.15) is 5.10 Å². The van der Waals surface area contributed by atoms with Gasteiger partial charge < -0.3 is 28.5 Å². The third-order valence-electron chi connectivity index (χ3n) is 5.65. The fourth-order valence-electron chi connectivity index (χ4n) is 3.95. The van der Waals surface area contributed by atoms with Crippen molar-refractivity contribution >= 4 is 29.5 Å². The molecule has 4 rings (SSSR count). The summed E-state index contributed by atoms with van der Waals surface area (Å²) in [6.45, 7) is 1.85. The zero-order valence-electron chi connectivity index (χ0n) is 20.7. The van der Waals surface area contributed by atoms with Crippen molar-refractivity contribution in [3.63, 3.8) is 0 Å². The van der Waals surface area contributed by atoms with E-state index >= 15 is 0 Å². The summed E-state index contributed by atoms with van der Waals surface area (Å²) in [5.74, 6) is 0.112. The van der Waals surface area contributed by atoms with Gasteiger partial charge in [0, 0.05) is 41.7 Å². The number of hydrazone groups is 1. The van der Waals surface area contributed by atoms with Crippen molar-refractivity contribution in [2.45, 2.75) is 25.9 Å². The molecule has 0 bridgehead atoms. The Morgan fingerprint density at radius 3 is 2.50 bits per heavy atom. The van der Waals surface area contributed by atoms with Gasteiger partial charge in [0.05, 0.1) is 32.0 Å². The molecule has 2 aliphatic rings. The van der Waals surface area contributed by atoms with E-state index in [2.05, 4.69) is 15.7 Å². The van der Waals surface area contributed by atoms with Crippen molar-refractivity contribution in [1.29, 1.82) is 0 Å². The summed E-state index contributed by atoms with van der Waals surface area (Å²) < 4.78 is 27.4. The zero-order chi connectivity index (χ0) is 27.2. The van der Waals surface area contributed by atoms with Crippen LogP contribution in [-0.4, -0.2) is 62.4 Å². The normalized spacial score (nSPS) is 15.6. The minimum Gasteiger partial charge on any atom is -0.492 e. The number of amides is 1. The van der Waals surface area contributed by atoms with E-state index in [4.69, 9.17) is 28.5 Å². The molecule has 1 N–H and O–H groups in total. The molecule has 2 aromatic carbocycles. The third-order valence-corrected chi connectivity index (χ3v) is 5.65. The molecule has 0 aliphatic carbocycles. The highest BCUT2D eigenvalue weighted by molar-refractivity contribution is 6.36. The first-order chi connectivity index (χ1) is 18.4. The van der Waals surface area contributed by atoms with Crippen molar-refractivity contribution in [3.8, 4) is 23.0 Å². The Labute approximate surface area is 216 Å². The van der Waals surface area contributed by atoms with Crippen LogP contribution in [0.5, 0.6) is 23.0 Å². The number of carbonyl (C=O) groups excluding carboxylic acids is 2. The molecule has 0 aromatic heterocycles. The van der Waals surface area contributed by atoms with Crippen LogP contribution in [0.1, 0.15) is 34.8 Å². The molecule has 0 unspecified atom stereocenters. The predicted molar refractivity (Wildman–Crippen MR) is 131 cm³/mol. The molecule has 2 aliphatic heterocycles. The summed E-state index contributed by atoms with van der Waals surface area (Å²) in [4.78, 5) is 40.3. The van der Waals surface area contributed by atoms with E-state index in [1.807, 2.05) is 0 Å². The van der Waals surface area contributed by atoms with Crippen LogP contribution < -0.4 is 24.4 Å². The molecule has 1 atom stereocenters. The number of nitrogens with one attached hydrogen (secondary N) is 1. The first kappa shape index (κ1) is 26.2. The van der Waals surface area contributed by atoms with Gasteiger partial charge in [-0.3, -0.25) is 14.9 Å². The lowest BCUT2D eigenvalue weighted by atomic mass is 9.96. The van der Waals surface area contributed by atoms with E-state index in [1.165, 1.54) is 44.7 Å². The molecule has 200 valence electrons. The molecule has 2 aromatic rings. The summed E-state index contributed by atoms with van der Waals surface area (Å²) in [6.07, 6.45) is 1.23. The fraction of sp³-hybridized carbons (Fsp3) is 0.333. The van der Waals surface area contributed by atoms with Crippen LogP contribution in [0.15, 0.2) is 34.5 Å². The monoisotopic (exact) mass is 528 g/mol. The number of esters is 1. The highest BCUT2D eigenvalue weighted by Crippen LogP contribution is 2.52. The standard InChI is InChI=1S/C24H24N4O10/c1-4-35-24(30)18-10-15(38-27-18)9-16-17(20(34-3)22-21(19(16)33-2)36-12-37-22)11-25-26-23(29)13-5-7-14(8-6-13)28(31)32/h5-8,11,15H,4,9-10,12H2,1-3H3,(H,26,29)/b25-11+/t15-/m1/s1. The lowest BCUT2D eigenvalue weighted by Gasteiger charge is -2.19. The summed E-state index contributed by atoms with van der Waals surface area (Å²) >= 11 is 0. The van der Waals surface area contributed by atoms with E-state index in [-0.39, 0.29) is 49.0 Å². The molecule has 38 heavy (non-hydrogen) atoms. The van der Waals surface area contributed by atoms with Gasteiger partial charge in [-0.15, -0.1) is 0 Å². The summed E-state index contributed by atoms with van der Waals surface area (Å²) in [6, 6.07) is 5.07. The Morgan fingerprint density at radius 2 is 1.87 bits per heavy atom. The van der Waals surface area contributed by atoms with E-state index in [0.29, 0.717) is 28.4 Å². The number of hydrogen-bond acceptors (Lipinski definition) is 12. The molecule has 1 amide bonds. The molecule has 0 radical (unpaired) electrons. The molecule has 0 saturated heterocycles. The van der Waals surface area contributed by atoms with Crippen LogP contribution in [0.25, 0.3) is 0 Å². The van der Waals surface area contributed by atoms with E-state index in [1.54, 1.807) is 6.92 Å². The molecule has 0 spiro atoms. The molecule has 2 heterocycles. The molecule has 0 fully saturated rings. The average Bonchev–Trinajstić information content (AvgIpc) is 3.59. The molecule has 14 nitrogen and oxygen atoms in total. The number of nitro groups is 1. The van der Waals surface area contributed by atoms with E-state index in [9.17, 15) is 19.7 Å². The fourth-order valence-corrected chi connectivity index (χ4v) is 3.95. The molecule has 14 heteroatoms. The zero-order valence-corrected chi connectivity index (χ0v) is 20.7. The van der Waals surface area contributed by atoms with Crippen LogP contribution in [0, 0.1) is 10.1 Å². The molecular formula is C24H24N4O10. The quantitative estimate of drug-likeness (QED) is 0.209. The van der Waals surface area contributed by atoms with Gasteiger partial charge >= 0.3 is 5.97 Å². The number of hydrogen-bond donors (Lipinski definition) is 1. The lowest BCUT2D eigenvalue weighted by Crippen LogP contribution is -2.20. The number of methoxy groups -OCH3 is 2. The largest absolute Gasteiger partial charge is 0.492 e. The van der Waals surface area contributed by atoms with Crippen molar-refractivity contribution in [1.82, 2.24) is 5.43 Å². The van der Waals surface area contributed by atoms with Crippen molar-refractivity contribution < 1.29 is 43.0 Å². The van der Waals surface area contributed by atoms with Gasteiger partial charge in [0.1, 0.15) is 6.10 Å². The van der Waals surface area contributed by atoms with Crippen LogP contribution in [0.4, 0.5) is 5.69 Å². The predicted octanol–water partition coefficient (Wildman–Crippen LogP) is 2.36. The SMILES string of the molecule is CCOC(=O)C1=NO[C@H](Cc2c(/C=N/NC(=O)c3ccc([N+](=O)[O-])cc3)c(OC)c3c(c2OC)OCO3)C1. The van der Waals surface area contributed by atoms with Gasteiger partial charge in [-0.05, 0) is 19.1 Å². The number of ether oxygens (including phenoxy) is 5. The maximum atomic E-state index is 12.5. The number of oxime groups is 1. The number of rotatable bonds is 10. The van der Waals surface area contributed by atoms with E-state index < -0.39 is 22.9 Å². The highest BCUT2D eigenvalue weighted by atomic mass is 16.7. The smallest absolute Gasteiger partial charge is 0.356 e. The second kappa shape index (κ2) is 11.5. The van der Waals surface area contributed by atoms with Crippen molar-refractivity contribution in [3.05, 3.63) is 51.1 Å². The molecular weight excluding hydrogens is 504 g/mol. The second-order valence-corrected chi connectivity index (χ2v) is 7.92. The Kier molecular flexibility index (Phi) is 7.89. The lowest BCUT2D eigenvalue weighted by molar-refractivity contribution is -0.384. The number of benzene rings is 2. The first-order valence-electron chi connectivity index (χ1n) is 11.4. The number of non-ortho nitro benzene ring substituents is 1. The third kappa shape index (κ3) is 5.28. The molecule has 0 saturated carbocycles. The van der Waals surface area contributed by atoms with Gasteiger partial charge in [0.15, 0.2) is 17.2 Å². The minimum absolute atomic E-state index is 0.0605.